The summed E-state index contributed by atoms with van der Waals surface area (Å²) in [7, 11) is 0.971. The number of ether oxygens (including phenoxy) is 3. The summed E-state index contributed by atoms with van der Waals surface area (Å²) in [4.78, 5) is 13.2. The SMILES string of the molecule is COc1ccc(Cn2nc(Oc3c(Cl)cc(B4OC(C)(C)C(C)(C)O4)cc3Cl)c3c(c2=O)OCCC3)cc1. The first-order valence-corrected chi connectivity index (χ1v) is 13.2. The molecular weight excluding hydrogens is 530 g/mol. The molecule has 3 aromatic rings. The lowest BCUT2D eigenvalue weighted by molar-refractivity contribution is 0.00578. The molecule has 2 aromatic carbocycles. The van der Waals surface area contributed by atoms with Gasteiger partial charge >= 0.3 is 12.7 Å². The summed E-state index contributed by atoms with van der Waals surface area (Å²) in [6.45, 7) is 8.57. The molecule has 1 fully saturated rings. The number of aromatic nitrogens is 2. The van der Waals surface area contributed by atoms with E-state index in [1.54, 1.807) is 19.2 Å². The first kappa shape index (κ1) is 26.9. The summed E-state index contributed by atoms with van der Waals surface area (Å²) in [5.74, 6) is 1.40. The third-order valence-corrected chi connectivity index (χ3v) is 7.79. The van der Waals surface area contributed by atoms with E-state index in [4.69, 9.17) is 46.7 Å². The molecule has 0 spiro atoms. The second kappa shape index (κ2) is 10.1. The molecule has 3 heterocycles. The van der Waals surface area contributed by atoms with Crippen molar-refractivity contribution in [2.75, 3.05) is 13.7 Å². The summed E-state index contributed by atoms with van der Waals surface area (Å²) in [6, 6.07) is 10.8. The zero-order valence-corrected chi connectivity index (χ0v) is 23.5. The summed E-state index contributed by atoms with van der Waals surface area (Å²) >= 11 is 13.3. The van der Waals surface area contributed by atoms with Crippen LogP contribution >= 0.6 is 23.2 Å². The minimum Gasteiger partial charge on any atom is -0.497 e. The van der Waals surface area contributed by atoms with Gasteiger partial charge in [-0.15, -0.1) is 5.10 Å². The van der Waals surface area contributed by atoms with Crippen LogP contribution in [0.15, 0.2) is 41.2 Å². The Kier molecular flexibility index (Phi) is 7.15. The summed E-state index contributed by atoms with van der Waals surface area (Å²) < 4.78 is 30.8. The number of nitrogens with zero attached hydrogens (tertiary/aromatic N) is 2. The molecule has 0 N–H and O–H groups in total. The predicted octanol–water partition coefficient (Wildman–Crippen LogP) is 5.02. The molecule has 0 saturated carbocycles. The van der Waals surface area contributed by atoms with E-state index in [2.05, 4.69) is 5.10 Å². The predicted molar refractivity (Wildman–Crippen MR) is 147 cm³/mol. The van der Waals surface area contributed by atoms with E-state index in [1.807, 2.05) is 52.0 Å². The van der Waals surface area contributed by atoms with Crippen molar-refractivity contribution in [3.8, 4) is 23.1 Å². The first-order valence-electron chi connectivity index (χ1n) is 12.4. The fourth-order valence-corrected chi connectivity index (χ4v) is 4.91. The second-order valence-electron chi connectivity index (χ2n) is 10.4. The minimum absolute atomic E-state index is 0.220. The molecule has 8 nitrogen and oxygen atoms in total. The Balaban J connectivity index is 1.48. The number of halogens is 2. The van der Waals surface area contributed by atoms with Crippen molar-refractivity contribution in [1.82, 2.24) is 9.78 Å². The molecule has 11 heteroatoms. The third-order valence-electron chi connectivity index (χ3n) is 7.23. The highest BCUT2D eigenvalue weighted by molar-refractivity contribution is 6.63. The highest BCUT2D eigenvalue weighted by Crippen LogP contribution is 2.40. The van der Waals surface area contributed by atoms with Gasteiger partial charge < -0.3 is 23.5 Å². The van der Waals surface area contributed by atoms with Crippen LogP contribution < -0.4 is 25.2 Å². The van der Waals surface area contributed by atoms with E-state index >= 15 is 0 Å². The van der Waals surface area contributed by atoms with Gasteiger partial charge in [0.15, 0.2) is 11.5 Å². The maximum absolute atomic E-state index is 13.2. The van der Waals surface area contributed by atoms with Crippen LogP contribution in [0.25, 0.3) is 0 Å². The normalized spacial score (nSPS) is 17.6. The number of benzene rings is 2. The molecule has 1 aromatic heterocycles. The van der Waals surface area contributed by atoms with E-state index in [0.29, 0.717) is 24.1 Å². The second-order valence-corrected chi connectivity index (χ2v) is 11.2. The van der Waals surface area contributed by atoms with Gasteiger partial charge in [-0.1, -0.05) is 35.3 Å². The highest BCUT2D eigenvalue weighted by Gasteiger charge is 2.52. The van der Waals surface area contributed by atoms with Crippen molar-refractivity contribution >= 4 is 35.8 Å². The Bertz CT molecular complexity index is 1390. The van der Waals surface area contributed by atoms with Gasteiger partial charge in [0.2, 0.25) is 5.88 Å². The van der Waals surface area contributed by atoms with Gasteiger partial charge in [0.05, 0.1) is 47.1 Å². The maximum atomic E-state index is 13.2. The third kappa shape index (κ3) is 5.00. The number of hydrogen-bond donors (Lipinski definition) is 0. The lowest BCUT2D eigenvalue weighted by Crippen LogP contribution is -2.41. The molecule has 0 atom stereocenters. The van der Waals surface area contributed by atoms with Gasteiger partial charge in [-0.05, 0) is 75.8 Å². The van der Waals surface area contributed by atoms with Crippen LogP contribution in [0.4, 0.5) is 0 Å². The standard InChI is InChI=1S/C27H29BCl2N2O6/c1-26(2)27(3,4)38-28(37-26)17-13-20(29)23(21(30)14-17)36-24-19-7-6-12-35-22(19)25(33)32(31-24)15-16-8-10-18(34-5)11-9-16/h8-11,13-14H,6-7,12,15H2,1-5H3. The van der Waals surface area contributed by atoms with Crippen molar-refractivity contribution in [3.05, 3.63) is 67.9 Å². The van der Waals surface area contributed by atoms with Gasteiger partial charge in [-0.25, -0.2) is 4.68 Å². The number of rotatable bonds is 6. The molecule has 5 rings (SSSR count). The van der Waals surface area contributed by atoms with E-state index in [9.17, 15) is 4.79 Å². The number of hydrogen-bond acceptors (Lipinski definition) is 7. The van der Waals surface area contributed by atoms with Gasteiger partial charge in [0, 0.05) is 0 Å². The average molecular weight is 559 g/mol. The largest absolute Gasteiger partial charge is 0.497 e. The Morgan fingerprint density at radius 3 is 2.29 bits per heavy atom. The highest BCUT2D eigenvalue weighted by atomic mass is 35.5. The van der Waals surface area contributed by atoms with E-state index < -0.39 is 18.3 Å². The zero-order valence-electron chi connectivity index (χ0n) is 22.0. The molecule has 0 amide bonds. The van der Waals surface area contributed by atoms with Crippen LogP contribution in [0.3, 0.4) is 0 Å². The molecule has 1 saturated heterocycles. The van der Waals surface area contributed by atoms with Crippen LogP contribution in [-0.4, -0.2) is 41.8 Å². The van der Waals surface area contributed by atoms with Crippen molar-refractivity contribution in [2.24, 2.45) is 0 Å². The minimum atomic E-state index is -0.630. The lowest BCUT2D eigenvalue weighted by atomic mass is 9.79. The summed E-state index contributed by atoms with van der Waals surface area (Å²) in [5, 5.41) is 5.08. The van der Waals surface area contributed by atoms with E-state index in [1.165, 1.54) is 4.68 Å². The molecule has 0 bridgehead atoms. The zero-order chi connectivity index (χ0) is 27.2. The molecule has 2 aliphatic heterocycles. The van der Waals surface area contributed by atoms with Crippen LogP contribution in [0.5, 0.6) is 23.1 Å². The Morgan fingerprint density at radius 1 is 1.05 bits per heavy atom. The smallest absolute Gasteiger partial charge is 0.494 e. The molecular formula is C27H29BCl2N2O6. The monoisotopic (exact) mass is 558 g/mol. The van der Waals surface area contributed by atoms with Crippen LogP contribution in [0.1, 0.15) is 45.2 Å². The van der Waals surface area contributed by atoms with Crippen LogP contribution in [0.2, 0.25) is 10.0 Å². The van der Waals surface area contributed by atoms with Crippen molar-refractivity contribution in [1.29, 1.82) is 0 Å². The number of methoxy groups -OCH3 is 1. The van der Waals surface area contributed by atoms with Gasteiger partial charge in [-0.3, -0.25) is 4.79 Å². The van der Waals surface area contributed by atoms with E-state index in [-0.39, 0.29) is 39.5 Å². The molecule has 200 valence electrons. The van der Waals surface area contributed by atoms with Crippen molar-refractivity contribution < 1.29 is 23.5 Å². The first-order chi connectivity index (χ1) is 18.0. The van der Waals surface area contributed by atoms with Crippen LogP contribution in [0, 0.1) is 0 Å². The van der Waals surface area contributed by atoms with Gasteiger partial charge in [-0.2, -0.15) is 0 Å². The van der Waals surface area contributed by atoms with Gasteiger partial charge in [0.25, 0.3) is 0 Å². The Morgan fingerprint density at radius 2 is 1.68 bits per heavy atom. The fourth-order valence-electron chi connectivity index (χ4n) is 4.33. The molecule has 0 unspecified atom stereocenters. The molecule has 0 radical (unpaired) electrons. The van der Waals surface area contributed by atoms with Crippen molar-refractivity contribution in [3.63, 3.8) is 0 Å². The lowest BCUT2D eigenvalue weighted by Gasteiger charge is -2.32. The molecule has 2 aliphatic rings. The van der Waals surface area contributed by atoms with E-state index in [0.717, 1.165) is 17.7 Å². The fraction of sp³-hybridized carbons (Fsp3) is 0.407. The summed E-state index contributed by atoms with van der Waals surface area (Å²) in [6.07, 6.45) is 1.31. The van der Waals surface area contributed by atoms with Crippen molar-refractivity contribution in [2.45, 2.75) is 58.3 Å². The van der Waals surface area contributed by atoms with Crippen LogP contribution in [-0.2, 0) is 22.3 Å². The van der Waals surface area contributed by atoms with Gasteiger partial charge in [0.1, 0.15) is 5.75 Å². The average Bonchev–Trinajstić information content (AvgIpc) is 3.10. The topological polar surface area (TPSA) is 81.0 Å². The summed E-state index contributed by atoms with van der Waals surface area (Å²) in [5.41, 5.74) is 0.794. The Hall–Kier alpha value is -2.72. The quantitative estimate of drug-likeness (QED) is 0.393. The maximum Gasteiger partial charge on any atom is 0.494 e. The molecule has 0 aliphatic carbocycles. The molecule has 38 heavy (non-hydrogen) atoms. The number of fused-ring (bicyclic) bond motifs is 1. The Labute approximate surface area is 231 Å².